The van der Waals surface area contributed by atoms with E-state index in [1.54, 1.807) is 42.5 Å². The summed E-state index contributed by atoms with van der Waals surface area (Å²) in [4.78, 5) is 39.4. The van der Waals surface area contributed by atoms with Gasteiger partial charge in [-0.15, -0.1) is 0 Å². The molecule has 3 aromatic rings. The number of nitrogens with zero attached hydrogens (tertiary/aromatic N) is 4. The van der Waals surface area contributed by atoms with Gasteiger partial charge >= 0.3 is 0 Å². The van der Waals surface area contributed by atoms with Crippen LogP contribution in [-0.4, -0.2) is 41.4 Å². The Hall–Kier alpha value is -4.24. The van der Waals surface area contributed by atoms with Gasteiger partial charge in [-0.3, -0.25) is 19.4 Å². The Bertz CT molecular complexity index is 1280. The van der Waals surface area contributed by atoms with E-state index in [1.165, 1.54) is 11.1 Å². The number of hydrogen-bond acceptors (Lipinski definition) is 7. The number of imide groups is 1. The van der Waals surface area contributed by atoms with Crippen LogP contribution in [0.1, 0.15) is 0 Å². The molecule has 3 aromatic carbocycles. The Morgan fingerprint density at radius 1 is 0.941 bits per heavy atom. The minimum atomic E-state index is -0.992. The minimum Gasteiger partial charge on any atom is -0.457 e. The van der Waals surface area contributed by atoms with Gasteiger partial charge in [0.1, 0.15) is 18.0 Å². The van der Waals surface area contributed by atoms with Gasteiger partial charge in [0.15, 0.2) is 12.1 Å². The molecule has 9 nitrogen and oxygen atoms in total. The molecule has 2 heterocycles. The lowest BCUT2D eigenvalue weighted by Crippen LogP contribution is -2.43. The molecule has 0 saturated carbocycles. The Morgan fingerprint density at radius 2 is 1.68 bits per heavy atom. The number of halogens is 1. The number of carbonyl (C=O) groups is 3. The first-order valence-corrected chi connectivity index (χ1v) is 10.8. The second kappa shape index (κ2) is 8.95. The molecule has 3 amide bonds. The smallest absolute Gasteiger partial charge is 0.263 e. The molecule has 1 saturated heterocycles. The molecule has 0 spiro atoms. The van der Waals surface area contributed by atoms with E-state index in [4.69, 9.17) is 16.3 Å². The number of hydrogen-bond donors (Lipinski definition) is 1. The molecule has 2 aliphatic heterocycles. The van der Waals surface area contributed by atoms with Gasteiger partial charge in [-0.1, -0.05) is 41.1 Å². The largest absolute Gasteiger partial charge is 0.457 e. The number of benzene rings is 3. The van der Waals surface area contributed by atoms with Crippen molar-refractivity contribution in [2.45, 2.75) is 12.1 Å². The predicted octanol–water partition coefficient (Wildman–Crippen LogP) is 4.06. The summed E-state index contributed by atoms with van der Waals surface area (Å²) in [5, 5.41) is 12.2. The third-order valence-electron chi connectivity index (χ3n) is 5.35. The molecule has 0 aliphatic carbocycles. The van der Waals surface area contributed by atoms with Crippen molar-refractivity contribution < 1.29 is 19.1 Å². The van der Waals surface area contributed by atoms with Crippen LogP contribution in [0.5, 0.6) is 11.5 Å². The van der Waals surface area contributed by atoms with Crippen molar-refractivity contribution >= 4 is 40.7 Å². The maximum absolute atomic E-state index is 13.0. The van der Waals surface area contributed by atoms with Crippen LogP contribution in [-0.2, 0) is 14.4 Å². The quantitative estimate of drug-likeness (QED) is 0.541. The fourth-order valence-corrected chi connectivity index (χ4v) is 3.99. The van der Waals surface area contributed by atoms with Crippen molar-refractivity contribution in [2.75, 3.05) is 16.8 Å². The van der Waals surface area contributed by atoms with Gasteiger partial charge in [0, 0.05) is 10.7 Å². The lowest BCUT2D eigenvalue weighted by atomic mass is 10.1. The Balaban J connectivity index is 1.22. The summed E-state index contributed by atoms with van der Waals surface area (Å²) < 4.78 is 5.74. The van der Waals surface area contributed by atoms with E-state index < -0.39 is 29.8 Å². The number of para-hydroxylation sites is 1. The molecule has 2 unspecified atom stereocenters. The highest BCUT2D eigenvalue weighted by Crippen LogP contribution is 2.32. The van der Waals surface area contributed by atoms with Crippen LogP contribution in [0.25, 0.3) is 0 Å². The van der Waals surface area contributed by atoms with Crippen molar-refractivity contribution in [3.8, 4) is 11.5 Å². The molecular formula is C24H18ClN5O4. The molecule has 0 bridgehead atoms. The number of rotatable bonds is 6. The van der Waals surface area contributed by atoms with E-state index in [0.717, 1.165) is 4.90 Å². The van der Waals surface area contributed by atoms with Crippen LogP contribution >= 0.6 is 11.6 Å². The molecule has 1 N–H and O–H groups in total. The van der Waals surface area contributed by atoms with Crippen LogP contribution in [0, 0.1) is 0 Å². The van der Waals surface area contributed by atoms with Crippen molar-refractivity contribution in [3.05, 3.63) is 83.9 Å². The summed E-state index contributed by atoms with van der Waals surface area (Å²) >= 11 is 6.00. The highest BCUT2D eigenvalue weighted by atomic mass is 35.5. The lowest BCUT2D eigenvalue weighted by Gasteiger charge is -2.20. The molecule has 2 aliphatic rings. The first-order valence-electron chi connectivity index (χ1n) is 10.4. The van der Waals surface area contributed by atoms with E-state index in [9.17, 15) is 14.4 Å². The molecule has 2 atom stereocenters. The fraction of sp³-hybridized carbons (Fsp3) is 0.125. The average molecular weight is 476 g/mol. The van der Waals surface area contributed by atoms with Gasteiger partial charge in [0.05, 0.1) is 5.69 Å². The van der Waals surface area contributed by atoms with E-state index in [1.807, 2.05) is 30.3 Å². The number of fused-ring (bicyclic) bond motifs is 1. The summed E-state index contributed by atoms with van der Waals surface area (Å²) in [6, 6.07) is 20.7. The second-order valence-corrected chi connectivity index (χ2v) is 8.11. The summed E-state index contributed by atoms with van der Waals surface area (Å²) in [6.45, 7) is -0.241. The van der Waals surface area contributed by atoms with Crippen LogP contribution in [0.2, 0.25) is 5.02 Å². The van der Waals surface area contributed by atoms with Gasteiger partial charge in [-0.2, -0.15) is 5.11 Å². The van der Waals surface area contributed by atoms with Gasteiger partial charge in [-0.25, -0.2) is 4.90 Å². The summed E-state index contributed by atoms with van der Waals surface area (Å²) in [5.74, 6) is -0.0828. The number of ether oxygens (including phenoxy) is 1. The zero-order valence-corrected chi connectivity index (χ0v) is 18.4. The number of amides is 3. The van der Waals surface area contributed by atoms with Crippen LogP contribution in [0.15, 0.2) is 89.2 Å². The predicted molar refractivity (Wildman–Crippen MR) is 125 cm³/mol. The van der Waals surface area contributed by atoms with Crippen molar-refractivity contribution in [1.29, 1.82) is 0 Å². The lowest BCUT2D eigenvalue weighted by molar-refractivity contribution is -0.123. The van der Waals surface area contributed by atoms with Gasteiger partial charge in [0.25, 0.3) is 11.8 Å². The summed E-state index contributed by atoms with van der Waals surface area (Å²) in [5.41, 5.74) is 0.904. The molecule has 0 aromatic heterocycles. The highest BCUT2D eigenvalue weighted by molar-refractivity contribution is 6.31. The van der Waals surface area contributed by atoms with E-state index in [2.05, 4.69) is 15.7 Å². The van der Waals surface area contributed by atoms with Crippen LogP contribution in [0.4, 0.5) is 11.4 Å². The molecule has 170 valence electrons. The SMILES string of the molecule is O=C(CN1N=NC2C(=O)N(c3cccc(Cl)c3)C(=O)C21)Nc1ccc(Oc2ccccc2)cc1. The molecule has 34 heavy (non-hydrogen) atoms. The third kappa shape index (κ3) is 4.20. The normalized spacial score (nSPS) is 18.9. The molecule has 5 rings (SSSR count). The maximum Gasteiger partial charge on any atom is 0.263 e. The minimum absolute atomic E-state index is 0.241. The van der Waals surface area contributed by atoms with Crippen molar-refractivity contribution in [1.82, 2.24) is 5.01 Å². The number of anilines is 2. The number of nitrogens with one attached hydrogen (secondary N) is 1. The Morgan fingerprint density at radius 3 is 2.41 bits per heavy atom. The monoisotopic (exact) mass is 475 g/mol. The molecule has 1 fully saturated rings. The van der Waals surface area contributed by atoms with E-state index in [0.29, 0.717) is 27.9 Å². The van der Waals surface area contributed by atoms with Gasteiger partial charge in [-0.05, 0) is 54.6 Å². The van der Waals surface area contributed by atoms with Crippen molar-refractivity contribution in [2.24, 2.45) is 10.3 Å². The summed E-state index contributed by atoms with van der Waals surface area (Å²) in [6.07, 6.45) is 0. The topological polar surface area (TPSA) is 104 Å². The third-order valence-corrected chi connectivity index (χ3v) is 5.58. The first-order chi connectivity index (χ1) is 16.5. The van der Waals surface area contributed by atoms with E-state index >= 15 is 0 Å². The number of carbonyl (C=O) groups excluding carboxylic acids is 3. The molecule has 0 radical (unpaired) electrons. The zero-order chi connectivity index (χ0) is 23.7. The Labute approximate surface area is 199 Å². The van der Waals surface area contributed by atoms with Crippen LogP contribution in [0.3, 0.4) is 0 Å². The van der Waals surface area contributed by atoms with Gasteiger partial charge in [0.2, 0.25) is 5.91 Å². The summed E-state index contributed by atoms with van der Waals surface area (Å²) in [7, 11) is 0. The second-order valence-electron chi connectivity index (χ2n) is 7.67. The zero-order valence-electron chi connectivity index (χ0n) is 17.7. The Kier molecular flexibility index (Phi) is 5.69. The average Bonchev–Trinajstić information content (AvgIpc) is 3.35. The fourth-order valence-electron chi connectivity index (χ4n) is 3.80. The maximum atomic E-state index is 13.0. The van der Waals surface area contributed by atoms with Crippen molar-refractivity contribution in [3.63, 3.8) is 0 Å². The standard InChI is InChI=1S/C24H18ClN5O4/c25-15-5-4-6-17(13-15)30-23(32)21-22(24(30)33)29(28-27-21)14-20(31)26-16-9-11-19(12-10-16)34-18-7-2-1-3-8-18/h1-13,21-22H,14H2,(H,26,31). The van der Waals surface area contributed by atoms with Gasteiger partial charge < -0.3 is 10.1 Å². The van der Waals surface area contributed by atoms with Crippen LogP contribution < -0.4 is 15.0 Å². The molecule has 10 heteroatoms. The molecular weight excluding hydrogens is 458 g/mol. The first kappa shape index (κ1) is 21.6. The highest BCUT2D eigenvalue weighted by Gasteiger charge is 2.55. The van der Waals surface area contributed by atoms with E-state index in [-0.39, 0.29) is 6.54 Å².